The maximum absolute atomic E-state index is 11.9. The van der Waals surface area contributed by atoms with Gasteiger partial charge in [-0.2, -0.15) is 0 Å². The van der Waals surface area contributed by atoms with Crippen LogP contribution < -0.4 is 16.2 Å². The molecule has 0 saturated carbocycles. The molecule has 0 radical (unpaired) electrons. The average Bonchev–Trinajstić information content (AvgIpc) is 2.44. The molecule has 0 aliphatic carbocycles. The van der Waals surface area contributed by atoms with Gasteiger partial charge in [-0.3, -0.25) is 15.6 Å². The van der Waals surface area contributed by atoms with E-state index in [1.807, 2.05) is 0 Å². The van der Waals surface area contributed by atoms with Crippen LogP contribution >= 0.6 is 12.2 Å². The van der Waals surface area contributed by atoms with Gasteiger partial charge in [0.25, 0.3) is 0 Å². The fraction of sp³-hybridized carbons (Fsp3) is 0.800. The lowest BCUT2D eigenvalue weighted by atomic mass is 9.99. The lowest BCUT2D eigenvalue weighted by molar-refractivity contribution is -0.126. The Kier molecular flexibility index (Phi) is 5.95. The molecule has 0 bridgehead atoms. The summed E-state index contributed by atoms with van der Waals surface area (Å²) in [6.07, 6.45) is 1.36. The van der Waals surface area contributed by atoms with Crippen molar-refractivity contribution >= 4 is 33.3 Å². The van der Waals surface area contributed by atoms with E-state index >= 15 is 0 Å². The van der Waals surface area contributed by atoms with Crippen molar-refractivity contribution in [3.05, 3.63) is 0 Å². The molecule has 1 atom stereocenters. The molecule has 9 heteroatoms. The molecule has 1 aliphatic heterocycles. The first-order valence-electron chi connectivity index (χ1n) is 6.16. The molecular weight excluding hydrogens is 288 g/mol. The van der Waals surface area contributed by atoms with Gasteiger partial charge in [0.2, 0.25) is 15.9 Å². The molecule has 7 nitrogen and oxygen atoms in total. The highest BCUT2D eigenvalue weighted by Crippen LogP contribution is 2.19. The largest absolute Gasteiger partial charge is 0.364 e. The zero-order chi connectivity index (χ0) is 14.5. The number of nitrogens with one attached hydrogen (secondary N) is 3. The van der Waals surface area contributed by atoms with E-state index in [-0.39, 0.29) is 24.1 Å². The summed E-state index contributed by atoms with van der Waals surface area (Å²) in [4.78, 5) is 11.9. The Balaban J connectivity index is 2.55. The molecule has 19 heavy (non-hydrogen) atoms. The molecule has 0 aromatic rings. The Morgan fingerprint density at radius 2 is 2.11 bits per heavy atom. The normalized spacial score (nSPS) is 20.6. The van der Waals surface area contributed by atoms with Crippen LogP contribution in [-0.4, -0.2) is 49.6 Å². The second-order valence-electron chi connectivity index (χ2n) is 4.29. The van der Waals surface area contributed by atoms with Crippen LogP contribution in [0.15, 0.2) is 0 Å². The number of hydrazine groups is 1. The van der Waals surface area contributed by atoms with Crippen molar-refractivity contribution in [2.24, 2.45) is 5.92 Å². The number of thiocarbonyl (C=S) groups is 1. The molecule has 3 N–H and O–H groups in total. The zero-order valence-electron chi connectivity index (χ0n) is 11.1. The van der Waals surface area contributed by atoms with Crippen LogP contribution in [0.4, 0.5) is 0 Å². The van der Waals surface area contributed by atoms with Crippen molar-refractivity contribution in [1.29, 1.82) is 0 Å². The van der Waals surface area contributed by atoms with E-state index in [1.54, 1.807) is 14.0 Å². The Morgan fingerprint density at radius 3 is 2.68 bits per heavy atom. The Labute approximate surface area is 119 Å². The van der Waals surface area contributed by atoms with Crippen molar-refractivity contribution in [1.82, 2.24) is 20.5 Å². The van der Waals surface area contributed by atoms with Crippen molar-refractivity contribution in [3.63, 3.8) is 0 Å². The summed E-state index contributed by atoms with van der Waals surface area (Å²) in [7, 11) is -1.59. The average molecular weight is 308 g/mol. The highest BCUT2D eigenvalue weighted by atomic mass is 32.2. The predicted octanol–water partition coefficient (Wildman–Crippen LogP) is -0.827. The summed E-state index contributed by atoms with van der Waals surface area (Å²) in [6.45, 7) is 2.32. The Bertz CT molecular complexity index is 438. The number of sulfonamides is 1. The van der Waals surface area contributed by atoms with Gasteiger partial charge < -0.3 is 5.32 Å². The van der Waals surface area contributed by atoms with Gasteiger partial charge in [0.1, 0.15) is 0 Å². The third-order valence-electron chi connectivity index (χ3n) is 3.04. The minimum absolute atomic E-state index is 0.0590. The van der Waals surface area contributed by atoms with Gasteiger partial charge in [-0.1, -0.05) is 0 Å². The van der Waals surface area contributed by atoms with E-state index in [0.717, 1.165) is 0 Å². The SMILES string of the molecule is CCS(=O)(=O)N1CCCC(C(=O)NNC(=S)NC)C1. The maximum Gasteiger partial charge on any atom is 0.242 e. The van der Waals surface area contributed by atoms with E-state index in [0.29, 0.717) is 24.5 Å². The van der Waals surface area contributed by atoms with Crippen LogP contribution in [-0.2, 0) is 14.8 Å². The topological polar surface area (TPSA) is 90.5 Å². The molecular formula is C10H20N4O3S2. The summed E-state index contributed by atoms with van der Waals surface area (Å²) >= 11 is 4.83. The minimum atomic E-state index is -3.23. The molecule has 1 amide bonds. The first-order valence-corrected chi connectivity index (χ1v) is 8.17. The first kappa shape index (κ1) is 16.1. The molecule has 1 rings (SSSR count). The highest BCUT2D eigenvalue weighted by Gasteiger charge is 2.31. The predicted molar refractivity (Wildman–Crippen MR) is 76.7 cm³/mol. The van der Waals surface area contributed by atoms with Gasteiger partial charge in [-0.05, 0) is 32.0 Å². The van der Waals surface area contributed by atoms with Crippen LogP contribution in [0.5, 0.6) is 0 Å². The molecule has 0 spiro atoms. The second kappa shape index (κ2) is 7.01. The van der Waals surface area contributed by atoms with Crippen molar-refractivity contribution in [3.8, 4) is 0 Å². The van der Waals surface area contributed by atoms with E-state index in [1.165, 1.54) is 4.31 Å². The highest BCUT2D eigenvalue weighted by molar-refractivity contribution is 7.89. The number of amides is 1. The zero-order valence-corrected chi connectivity index (χ0v) is 12.7. The standard InChI is InChI=1S/C10H20N4O3S2/c1-3-19(16,17)14-6-4-5-8(7-14)9(15)12-13-10(18)11-2/h8H,3-7H2,1-2H3,(H,12,15)(H2,11,13,18). The van der Waals surface area contributed by atoms with Gasteiger partial charge in [-0.25, -0.2) is 12.7 Å². The van der Waals surface area contributed by atoms with Crippen LogP contribution in [0.3, 0.4) is 0 Å². The summed E-state index contributed by atoms with van der Waals surface area (Å²) in [6, 6.07) is 0. The summed E-state index contributed by atoms with van der Waals surface area (Å²) in [5.41, 5.74) is 5.03. The number of nitrogens with zero attached hydrogens (tertiary/aromatic N) is 1. The number of hydrogen-bond donors (Lipinski definition) is 3. The summed E-state index contributed by atoms with van der Waals surface area (Å²) in [5.74, 6) is -0.528. The van der Waals surface area contributed by atoms with Gasteiger partial charge >= 0.3 is 0 Å². The van der Waals surface area contributed by atoms with E-state index in [2.05, 4.69) is 16.2 Å². The summed E-state index contributed by atoms with van der Waals surface area (Å²) < 4.78 is 25.0. The Morgan fingerprint density at radius 1 is 1.42 bits per heavy atom. The van der Waals surface area contributed by atoms with Crippen LogP contribution in [0.25, 0.3) is 0 Å². The van der Waals surface area contributed by atoms with Crippen molar-refractivity contribution < 1.29 is 13.2 Å². The number of piperidine rings is 1. The molecule has 1 saturated heterocycles. The third kappa shape index (κ3) is 4.59. The monoisotopic (exact) mass is 308 g/mol. The van der Waals surface area contributed by atoms with Gasteiger partial charge in [0, 0.05) is 20.1 Å². The van der Waals surface area contributed by atoms with E-state index < -0.39 is 10.0 Å². The lowest BCUT2D eigenvalue weighted by Gasteiger charge is -2.30. The molecule has 1 unspecified atom stereocenters. The second-order valence-corrected chi connectivity index (χ2v) is 6.96. The molecule has 110 valence electrons. The fourth-order valence-corrected chi connectivity index (χ4v) is 3.11. The molecule has 1 fully saturated rings. The molecule has 1 heterocycles. The van der Waals surface area contributed by atoms with Crippen LogP contribution in [0.2, 0.25) is 0 Å². The Hall–Kier alpha value is -0.930. The molecule has 0 aromatic carbocycles. The summed E-state index contributed by atoms with van der Waals surface area (Å²) in [5, 5.41) is 2.97. The number of hydrogen-bond acceptors (Lipinski definition) is 4. The number of carbonyl (C=O) groups excluding carboxylic acids is 1. The van der Waals surface area contributed by atoms with Crippen molar-refractivity contribution in [2.45, 2.75) is 19.8 Å². The lowest BCUT2D eigenvalue weighted by Crippen LogP contribution is -2.51. The maximum atomic E-state index is 11.9. The van der Waals surface area contributed by atoms with Gasteiger partial charge in [-0.15, -0.1) is 0 Å². The van der Waals surface area contributed by atoms with E-state index in [4.69, 9.17) is 12.2 Å². The minimum Gasteiger partial charge on any atom is -0.364 e. The molecule has 0 aromatic heterocycles. The molecule has 1 aliphatic rings. The third-order valence-corrected chi connectivity index (χ3v) is 5.19. The quantitative estimate of drug-likeness (QED) is 0.466. The van der Waals surface area contributed by atoms with Crippen LogP contribution in [0, 0.1) is 5.92 Å². The number of carbonyl (C=O) groups is 1. The smallest absolute Gasteiger partial charge is 0.242 e. The van der Waals surface area contributed by atoms with Crippen molar-refractivity contribution in [2.75, 3.05) is 25.9 Å². The fourth-order valence-electron chi connectivity index (χ4n) is 1.87. The van der Waals surface area contributed by atoms with Gasteiger partial charge in [0.15, 0.2) is 5.11 Å². The van der Waals surface area contributed by atoms with Crippen LogP contribution in [0.1, 0.15) is 19.8 Å². The van der Waals surface area contributed by atoms with Gasteiger partial charge in [0.05, 0.1) is 11.7 Å². The van der Waals surface area contributed by atoms with E-state index in [9.17, 15) is 13.2 Å². The number of rotatable bonds is 3. The first-order chi connectivity index (χ1) is 8.90.